The van der Waals surface area contributed by atoms with Gasteiger partial charge in [0.1, 0.15) is 5.52 Å². The van der Waals surface area contributed by atoms with E-state index in [9.17, 15) is 9.90 Å². The molecule has 0 spiro atoms. The van der Waals surface area contributed by atoms with Crippen LogP contribution in [0, 0.1) is 0 Å². The van der Waals surface area contributed by atoms with Gasteiger partial charge in [0, 0.05) is 18.7 Å². The number of aryl methyl sites for hydroxylation is 1. The minimum absolute atomic E-state index is 0.200. The van der Waals surface area contributed by atoms with Crippen molar-refractivity contribution in [1.29, 1.82) is 0 Å². The summed E-state index contributed by atoms with van der Waals surface area (Å²) in [6.07, 6.45) is 0. The molecule has 1 aromatic heterocycles. The third-order valence-corrected chi connectivity index (χ3v) is 2.76. The maximum atomic E-state index is 11.9. The fraction of sp³-hybridized carbons (Fsp3) is 0.462. The fourth-order valence-electron chi connectivity index (χ4n) is 1.75. The number of carbonyl (C=O) groups is 1. The normalized spacial score (nSPS) is 11.8. The lowest BCUT2D eigenvalue weighted by molar-refractivity contribution is 0.0694. The van der Waals surface area contributed by atoms with E-state index in [0.29, 0.717) is 11.1 Å². The van der Waals surface area contributed by atoms with E-state index in [4.69, 9.17) is 0 Å². The van der Waals surface area contributed by atoms with Crippen LogP contribution in [0.5, 0.6) is 0 Å². The Morgan fingerprint density at radius 3 is 2.84 bits per heavy atom. The van der Waals surface area contributed by atoms with Crippen LogP contribution < -0.4 is 5.32 Å². The quantitative estimate of drug-likeness (QED) is 0.859. The molecule has 6 heteroatoms. The van der Waals surface area contributed by atoms with Crippen LogP contribution in [0.25, 0.3) is 11.0 Å². The van der Waals surface area contributed by atoms with Crippen molar-refractivity contribution in [2.45, 2.75) is 32.9 Å². The van der Waals surface area contributed by atoms with Gasteiger partial charge < -0.3 is 10.4 Å². The van der Waals surface area contributed by atoms with E-state index in [-0.39, 0.29) is 12.5 Å². The van der Waals surface area contributed by atoms with Gasteiger partial charge in [-0.15, -0.1) is 5.10 Å². The molecule has 6 nitrogen and oxygen atoms in total. The highest BCUT2D eigenvalue weighted by Gasteiger charge is 2.15. The number of benzene rings is 1. The lowest BCUT2D eigenvalue weighted by Gasteiger charge is -2.17. The molecular formula is C13H18N4O2. The van der Waals surface area contributed by atoms with Gasteiger partial charge >= 0.3 is 0 Å². The van der Waals surface area contributed by atoms with Crippen LogP contribution in [0.2, 0.25) is 0 Å². The summed E-state index contributed by atoms with van der Waals surface area (Å²) in [6, 6.07) is 5.27. The maximum absolute atomic E-state index is 11.9. The van der Waals surface area contributed by atoms with Crippen LogP contribution in [-0.2, 0) is 6.54 Å². The summed E-state index contributed by atoms with van der Waals surface area (Å²) in [5, 5.41) is 20.3. The van der Waals surface area contributed by atoms with Crippen LogP contribution in [0.15, 0.2) is 18.2 Å². The SMILES string of the molecule is CCn1nnc2cc(C(=O)NCC(C)(C)O)ccc21. The van der Waals surface area contributed by atoms with Crippen molar-refractivity contribution in [3.8, 4) is 0 Å². The molecule has 1 amide bonds. The minimum atomic E-state index is -0.925. The highest BCUT2D eigenvalue weighted by atomic mass is 16.3. The number of aliphatic hydroxyl groups is 1. The molecule has 0 aliphatic heterocycles. The molecule has 2 N–H and O–H groups in total. The zero-order valence-electron chi connectivity index (χ0n) is 11.3. The minimum Gasteiger partial charge on any atom is -0.389 e. The van der Waals surface area contributed by atoms with Gasteiger partial charge in [-0.3, -0.25) is 4.79 Å². The Balaban J connectivity index is 2.19. The molecule has 1 heterocycles. The van der Waals surface area contributed by atoms with Gasteiger partial charge in [0.25, 0.3) is 5.91 Å². The van der Waals surface area contributed by atoms with Crippen molar-refractivity contribution in [2.24, 2.45) is 0 Å². The predicted octanol–water partition coefficient (Wildman–Crippen LogP) is 0.952. The average Bonchev–Trinajstić information content (AvgIpc) is 2.77. The molecule has 0 atom stereocenters. The van der Waals surface area contributed by atoms with Crippen LogP contribution in [0.3, 0.4) is 0 Å². The number of rotatable bonds is 4. The van der Waals surface area contributed by atoms with Crippen molar-refractivity contribution in [3.63, 3.8) is 0 Å². The summed E-state index contributed by atoms with van der Waals surface area (Å²) in [6.45, 7) is 6.21. The largest absolute Gasteiger partial charge is 0.389 e. The number of fused-ring (bicyclic) bond motifs is 1. The van der Waals surface area contributed by atoms with Gasteiger partial charge in [-0.2, -0.15) is 0 Å². The molecule has 0 saturated carbocycles. The van der Waals surface area contributed by atoms with E-state index in [1.54, 1.807) is 30.7 Å². The number of nitrogens with zero attached hydrogens (tertiary/aromatic N) is 3. The second-order valence-corrected chi connectivity index (χ2v) is 5.10. The molecular weight excluding hydrogens is 244 g/mol. The number of aromatic nitrogens is 3. The predicted molar refractivity (Wildman–Crippen MR) is 71.8 cm³/mol. The van der Waals surface area contributed by atoms with Crippen molar-refractivity contribution in [1.82, 2.24) is 20.3 Å². The number of hydrogen-bond donors (Lipinski definition) is 2. The highest BCUT2D eigenvalue weighted by Crippen LogP contribution is 2.13. The molecule has 0 bridgehead atoms. The number of hydrogen-bond acceptors (Lipinski definition) is 4. The van der Waals surface area contributed by atoms with Gasteiger partial charge in [0.15, 0.2) is 0 Å². The Morgan fingerprint density at radius 2 is 2.21 bits per heavy atom. The van der Waals surface area contributed by atoms with Crippen molar-refractivity contribution < 1.29 is 9.90 Å². The molecule has 0 aliphatic carbocycles. The molecule has 0 fully saturated rings. The lowest BCUT2D eigenvalue weighted by Crippen LogP contribution is -2.38. The van der Waals surface area contributed by atoms with Crippen molar-refractivity contribution in [2.75, 3.05) is 6.54 Å². The van der Waals surface area contributed by atoms with Crippen LogP contribution in [-0.4, -0.2) is 38.2 Å². The summed E-state index contributed by atoms with van der Waals surface area (Å²) in [4.78, 5) is 11.9. The Hall–Kier alpha value is -1.95. The van der Waals surface area contributed by atoms with E-state index in [1.165, 1.54) is 0 Å². The molecule has 102 valence electrons. The molecule has 1 aromatic carbocycles. The molecule has 0 saturated heterocycles. The van der Waals surface area contributed by atoms with Gasteiger partial charge in [-0.05, 0) is 39.0 Å². The first-order valence-corrected chi connectivity index (χ1v) is 6.24. The second kappa shape index (κ2) is 4.97. The van der Waals surface area contributed by atoms with Crippen LogP contribution in [0.4, 0.5) is 0 Å². The molecule has 0 radical (unpaired) electrons. The third-order valence-electron chi connectivity index (χ3n) is 2.76. The van der Waals surface area contributed by atoms with E-state index in [2.05, 4.69) is 15.6 Å². The van der Waals surface area contributed by atoms with Gasteiger partial charge in [-0.25, -0.2) is 4.68 Å². The second-order valence-electron chi connectivity index (χ2n) is 5.10. The van der Waals surface area contributed by atoms with Gasteiger partial charge in [0.05, 0.1) is 11.1 Å². The Labute approximate surface area is 111 Å². The smallest absolute Gasteiger partial charge is 0.251 e. The fourth-order valence-corrected chi connectivity index (χ4v) is 1.75. The molecule has 19 heavy (non-hydrogen) atoms. The summed E-state index contributed by atoms with van der Waals surface area (Å²) in [5.41, 5.74) is 1.18. The number of carbonyl (C=O) groups excluding carboxylic acids is 1. The zero-order valence-corrected chi connectivity index (χ0v) is 11.3. The molecule has 0 unspecified atom stereocenters. The Bertz CT molecular complexity index is 598. The van der Waals surface area contributed by atoms with Crippen molar-refractivity contribution in [3.05, 3.63) is 23.8 Å². The molecule has 2 aromatic rings. The standard InChI is InChI=1S/C13H18N4O2/c1-4-17-11-6-5-9(7-10(11)15-16-17)12(18)14-8-13(2,3)19/h5-7,19H,4,8H2,1-3H3,(H,14,18). The van der Waals surface area contributed by atoms with E-state index in [0.717, 1.165) is 12.1 Å². The van der Waals surface area contributed by atoms with E-state index in [1.807, 2.05) is 13.0 Å². The van der Waals surface area contributed by atoms with Crippen molar-refractivity contribution >= 4 is 16.9 Å². The summed E-state index contributed by atoms with van der Waals surface area (Å²) in [5.74, 6) is -0.227. The Morgan fingerprint density at radius 1 is 1.47 bits per heavy atom. The monoisotopic (exact) mass is 262 g/mol. The van der Waals surface area contributed by atoms with E-state index >= 15 is 0 Å². The van der Waals surface area contributed by atoms with E-state index < -0.39 is 5.60 Å². The first-order chi connectivity index (χ1) is 8.90. The first-order valence-electron chi connectivity index (χ1n) is 6.24. The first kappa shape index (κ1) is 13.5. The van der Waals surface area contributed by atoms with Crippen LogP contribution in [0.1, 0.15) is 31.1 Å². The third kappa shape index (κ3) is 3.08. The van der Waals surface area contributed by atoms with Gasteiger partial charge in [-0.1, -0.05) is 5.21 Å². The molecule has 0 aliphatic rings. The highest BCUT2D eigenvalue weighted by molar-refractivity contribution is 5.97. The number of nitrogens with one attached hydrogen (secondary N) is 1. The maximum Gasteiger partial charge on any atom is 0.251 e. The lowest BCUT2D eigenvalue weighted by atomic mass is 10.1. The molecule has 2 rings (SSSR count). The number of amides is 1. The summed E-state index contributed by atoms with van der Waals surface area (Å²) < 4.78 is 1.77. The Kier molecular flexibility index (Phi) is 3.53. The topological polar surface area (TPSA) is 80.0 Å². The van der Waals surface area contributed by atoms with Gasteiger partial charge in [0.2, 0.25) is 0 Å². The average molecular weight is 262 g/mol. The van der Waals surface area contributed by atoms with Crippen LogP contribution >= 0.6 is 0 Å². The zero-order chi connectivity index (χ0) is 14.0. The summed E-state index contributed by atoms with van der Waals surface area (Å²) >= 11 is 0. The summed E-state index contributed by atoms with van der Waals surface area (Å²) in [7, 11) is 0.